The molecular formula is C16H27O2PS. The Balaban J connectivity index is 2.70. The summed E-state index contributed by atoms with van der Waals surface area (Å²) in [5.74, 6) is 0.659. The summed E-state index contributed by atoms with van der Waals surface area (Å²) in [4.78, 5) is 0.763. The van der Waals surface area contributed by atoms with Gasteiger partial charge in [0.25, 0.3) is 0 Å². The van der Waals surface area contributed by atoms with E-state index in [0.29, 0.717) is 18.1 Å². The van der Waals surface area contributed by atoms with Crippen LogP contribution in [0.5, 0.6) is 5.75 Å². The van der Waals surface area contributed by atoms with Crippen molar-refractivity contribution in [3.05, 3.63) is 24.3 Å². The van der Waals surface area contributed by atoms with Crippen molar-refractivity contribution in [2.24, 2.45) is 0 Å². The Labute approximate surface area is 129 Å². The zero-order valence-corrected chi connectivity index (χ0v) is 14.5. The fraction of sp³-hybridized carbons (Fsp3) is 0.625. The van der Waals surface area contributed by atoms with Gasteiger partial charge in [0.2, 0.25) is 7.37 Å². The van der Waals surface area contributed by atoms with Gasteiger partial charge in [-0.3, -0.25) is 4.57 Å². The maximum atomic E-state index is 13.0. The van der Waals surface area contributed by atoms with Crippen LogP contribution in [-0.2, 0) is 4.57 Å². The smallest absolute Gasteiger partial charge is 0.248 e. The van der Waals surface area contributed by atoms with Crippen LogP contribution in [-0.4, -0.2) is 12.3 Å². The van der Waals surface area contributed by atoms with Crippen LogP contribution in [0, 0.1) is 0 Å². The third-order valence-electron chi connectivity index (χ3n) is 3.33. The molecule has 0 heterocycles. The van der Waals surface area contributed by atoms with E-state index in [4.69, 9.17) is 4.52 Å². The average molecular weight is 314 g/mol. The molecule has 0 unspecified atom stereocenters. The fourth-order valence-corrected chi connectivity index (χ4v) is 4.74. The number of para-hydroxylation sites is 1. The van der Waals surface area contributed by atoms with E-state index in [1.807, 2.05) is 24.3 Å². The lowest BCUT2D eigenvalue weighted by Gasteiger charge is -2.20. The quantitative estimate of drug-likeness (QED) is 0.325. The molecule has 0 saturated carbocycles. The van der Waals surface area contributed by atoms with Crippen molar-refractivity contribution in [3.63, 3.8) is 0 Å². The highest BCUT2D eigenvalue weighted by molar-refractivity contribution is 7.80. The van der Waals surface area contributed by atoms with Crippen molar-refractivity contribution in [2.75, 3.05) is 12.3 Å². The third kappa shape index (κ3) is 6.37. The minimum absolute atomic E-state index is 0.659. The normalized spacial score (nSPS) is 11.6. The Kier molecular flexibility index (Phi) is 8.40. The minimum atomic E-state index is -2.58. The molecule has 1 aromatic rings. The molecule has 20 heavy (non-hydrogen) atoms. The second-order valence-corrected chi connectivity index (χ2v) is 8.42. The van der Waals surface area contributed by atoms with Gasteiger partial charge in [-0.25, -0.2) is 0 Å². The van der Waals surface area contributed by atoms with Crippen LogP contribution in [0.4, 0.5) is 0 Å². The van der Waals surface area contributed by atoms with Gasteiger partial charge in [0.1, 0.15) is 5.75 Å². The molecule has 0 aliphatic rings. The van der Waals surface area contributed by atoms with Gasteiger partial charge >= 0.3 is 0 Å². The molecule has 0 aromatic heterocycles. The Morgan fingerprint density at radius 3 is 2.05 bits per heavy atom. The molecule has 0 radical (unpaired) electrons. The Morgan fingerprint density at radius 2 is 1.55 bits per heavy atom. The first kappa shape index (κ1) is 17.7. The summed E-state index contributed by atoms with van der Waals surface area (Å²) in [7, 11) is -2.58. The van der Waals surface area contributed by atoms with Crippen molar-refractivity contribution < 1.29 is 9.09 Å². The van der Waals surface area contributed by atoms with Crippen molar-refractivity contribution in [1.82, 2.24) is 0 Å². The molecule has 1 rings (SSSR count). The molecule has 1 aromatic carbocycles. The van der Waals surface area contributed by atoms with E-state index in [9.17, 15) is 4.57 Å². The van der Waals surface area contributed by atoms with Crippen molar-refractivity contribution in [1.29, 1.82) is 0 Å². The number of hydrogen-bond donors (Lipinski definition) is 1. The maximum Gasteiger partial charge on any atom is 0.248 e. The summed E-state index contributed by atoms with van der Waals surface area (Å²) in [5.41, 5.74) is 0. The van der Waals surface area contributed by atoms with Crippen molar-refractivity contribution in [2.45, 2.75) is 57.3 Å². The average Bonchev–Trinajstić information content (AvgIpc) is 2.42. The van der Waals surface area contributed by atoms with Gasteiger partial charge in [0.15, 0.2) is 0 Å². The Hall–Kier alpha value is -0.400. The molecular weight excluding hydrogens is 287 g/mol. The summed E-state index contributed by atoms with van der Waals surface area (Å²) in [6.07, 6.45) is 7.84. The standard InChI is InChI=1S/C16H27O2PS/c1-3-5-9-13-19(17,14-10-6-4-2)18-15-11-7-8-12-16(15)20/h7-8,11-12,20H,3-6,9-10,13-14H2,1-2H3. The van der Waals surface area contributed by atoms with Crippen LogP contribution >= 0.6 is 20.0 Å². The SMILES string of the molecule is CCCCCP(=O)(CCCCC)Oc1ccccc1S. The molecule has 0 aliphatic heterocycles. The summed E-state index contributed by atoms with van der Waals surface area (Å²) >= 11 is 4.38. The van der Waals surface area contributed by atoms with Gasteiger partial charge in [-0.05, 0) is 25.0 Å². The highest BCUT2D eigenvalue weighted by Crippen LogP contribution is 2.50. The molecule has 4 heteroatoms. The lowest BCUT2D eigenvalue weighted by molar-refractivity contribution is 0.470. The first-order valence-electron chi connectivity index (χ1n) is 7.67. The zero-order valence-electron chi connectivity index (χ0n) is 12.7. The molecule has 0 fully saturated rings. The summed E-state index contributed by atoms with van der Waals surface area (Å²) in [5, 5.41) is 0. The summed E-state index contributed by atoms with van der Waals surface area (Å²) < 4.78 is 18.9. The van der Waals surface area contributed by atoms with Crippen LogP contribution < -0.4 is 4.52 Å². The predicted octanol–water partition coefficient (Wildman–Crippen LogP) is 6.01. The highest BCUT2D eigenvalue weighted by atomic mass is 32.1. The molecule has 0 aliphatic carbocycles. The van der Waals surface area contributed by atoms with E-state index >= 15 is 0 Å². The molecule has 114 valence electrons. The number of thiol groups is 1. The van der Waals surface area contributed by atoms with E-state index in [1.54, 1.807) is 0 Å². The first-order valence-corrected chi connectivity index (χ1v) is 10.1. The van der Waals surface area contributed by atoms with E-state index in [2.05, 4.69) is 26.5 Å². The van der Waals surface area contributed by atoms with Crippen LogP contribution in [0.15, 0.2) is 29.2 Å². The minimum Gasteiger partial charge on any atom is -0.442 e. The molecule has 0 atom stereocenters. The van der Waals surface area contributed by atoms with Crippen LogP contribution in [0.2, 0.25) is 0 Å². The van der Waals surface area contributed by atoms with Crippen LogP contribution in [0.25, 0.3) is 0 Å². The Bertz CT molecular complexity index is 420. The van der Waals surface area contributed by atoms with Gasteiger partial charge in [-0.1, -0.05) is 51.7 Å². The number of hydrogen-bond acceptors (Lipinski definition) is 3. The fourth-order valence-electron chi connectivity index (χ4n) is 2.12. The Morgan fingerprint density at radius 1 is 1.00 bits per heavy atom. The van der Waals surface area contributed by atoms with Crippen molar-refractivity contribution in [3.8, 4) is 5.75 Å². The zero-order chi connectivity index (χ0) is 14.8. The van der Waals surface area contributed by atoms with E-state index < -0.39 is 7.37 Å². The predicted molar refractivity (Wildman–Crippen MR) is 90.7 cm³/mol. The number of benzene rings is 1. The molecule has 0 bridgehead atoms. The molecule has 0 amide bonds. The van der Waals surface area contributed by atoms with Crippen LogP contribution in [0.1, 0.15) is 52.4 Å². The van der Waals surface area contributed by atoms with Gasteiger partial charge < -0.3 is 4.52 Å². The maximum absolute atomic E-state index is 13.0. The largest absolute Gasteiger partial charge is 0.442 e. The van der Waals surface area contributed by atoms with Crippen molar-refractivity contribution >= 4 is 20.0 Å². The number of unbranched alkanes of at least 4 members (excludes halogenated alkanes) is 4. The van der Waals surface area contributed by atoms with E-state index in [1.165, 1.54) is 0 Å². The van der Waals surface area contributed by atoms with Crippen LogP contribution in [0.3, 0.4) is 0 Å². The molecule has 0 saturated heterocycles. The van der Waals surface area contributed by atoms with E-state index in [0.717, 1.165) is 43.4 Å². The summed E-state index contributed by atoms with van der Waals surface area (Å²) in [6, 6.07) is 7.54. The molecule has 0 spiro atoms. The second-order valence-electron chi connectivity index (χ2n) is 5.23. The third-order valence-corrected chi connectivity index (χ3v) is 6.23. The lowest BCUT2D eigenvalue weighted by Crippen LogP contribution is -2.04. The summed E-state index contributed by atoms with van der Waals surface area (Å²) in [6.45, 7) is 4.32. The van der Waals surface area contributed by atoms with E-state index in [-0.39, 0.29) is 0 Å². The van der Waals surface area contributed by atoms with Gasteiger partial charge in [0, 0.05) is 17.2 Å². The lowest BCUT2D eigenvalue weighted by atomic mass is 10.3. The van der Waals surface area contributed by atoms with Gasteiger partial charge in [-0.2, -0.15) is 0 Å². The monoisotopic (exact) mass is 314 g/mol. The van der Waals surface area contributed by atoms with Gasteiger partial charge in [0.05, 0.1) is 0 Å². The highest BCUT2D eigenvalue weighted by Gasteiger charge is 2.24. The topological polar surface area (TPSA) is 26.3 Å². The molecule has 0 N–H and O–H groups in total. The van der Waals surface area contributed by atoms with Gasteiger partial charge in [-0.15, -0.1) is 12.6 Å². The molecule has 2 nitrogen and oxygen atoms in total. The first-order chi connectivity index (χ1) is 9.61. The second kappa shape index (κ2) is 9.52. The number of rotatable bonds is 10.